The number of ether oxygens (including phenoxy) is 1. The van der Waals surface area contributed by atoms with E-state index in [4.69, 9.17) is 4.74 Å². The van der Waals surface area contributed by atoms with Crippen LogP contribution in [0.2, 0.25) is 0 Å². The van der Waals surface area contributed by atoms with Crippen molar-refractivity contribution in [3.63, 3.8) is 0 Å². The van der Waals surface area contributed by atoms with Gasteiger partial charge in [0.15, 0.2) is 5.82 Å². The molecule has 3 aromatic rings. The molecule has 1 aliphatic rings. The average Bonchev–Trinajstić information content (AvgIpc) is 2.73. The minimum atomic E-state index is -4.50. The Balaban J connectivity index is 0.00000272. The number of aryl methyl sites for hydroxylation is 1. The second-order valence-electron chi connectivity index (χ2n) is 7.35. The van der Waals surface area contributed by atoms with Gasteiger partial charge in [0.25, 0.3) is 5.56 Å². The predicted octanol–water partition coefficient (Wildman–Crippen LogP) is 3.61. The molecule has 0 atom stereocenters. The Hall–Kier alpha value is -2.49. The molecule has 0 unspecified atom stereocenters. The number of alkyl halides is 3. The van der Waals surface area contributed by atoms with Crippen LogP contribution in [0.15, 0.2) is 35.3 Å². The molecule has 1 aromatic carbocycles. The van der Waals surface area contributed by atoms with Crippen LogP contribution >= 0.6 is 12.4 Å². The third-order valence-corrected chi connectivity index (χ3v) is 5.21. The Bertz CT molecular complexity index is 1130. The summed E-state index contributed by atoms with van der Waals surface area (Å²) >= 11 is 0. The largest absolute Gasteiger partial charge is 0.416 e. The number of hydrogen-bond acceptors (Lipinski definition) is 5. The van der Waals surface area contributed by atoms with E-state index in [0.29, 0.717) is 10.9 Å². The molecular weight excluding hydrogens is 433 g/mol. The average molecular weight is 455 g/mol. The van der Waals surface area contributed by atoms with E-state index in [1.807, 2.05) is 13.0 Å². The molecule has 0 saturated carbocycles. The first-order chi connectivity index (χ1) is 14.3. The first-order valence-electron chi connectivity index (χ1n) is 9.68. The van der Waals surface area contributed by atoms with Gasteiger partial charge in [-0.25, -0.2) is 4.98 Å². The molecule has 1 aliphatic heterocycles. The van der Waals surface area contributed by atoms with Gasteiger partial charge in [0.1, 0.15) is 5.69 Å². The lowest BCUT2D eigenvalue weighted by Gasteiger charge is -2.26. The molecule has 3 heterocycles. The summed E-state index contributed by atoms with van der Waals surface area (Å²) in [6, 6.07) is 5.54. The van der Waals surface area contributed by atoms with E-state index in [-0.39, 0.29) is 23.9 Å². The maximum absolute atomic E-state index is 13.0. The summed E-state index contributed by atoms with van der Waals surface area (Å²) in [4.78, 5) is 25.9. The standard InChI is InChI=1S/C21H21F3N4O2.ClH/c1-13-10-14(3-5-28-6-8-30-9-7-28)11-16-18(13)26-19(27-20(16)29)17-12-15(2-4-25-17)21(22,23)24;/h2,4,10-12H,3,5-9H2,1H3,(H,26,27,29);1H. The number of aromatic nitrogens is 3. The summed E-state index contributed by atoms with van der Waals surface area (Å²) in [5, 5.41) is 0.419. The van der Waals surface area contributed by atoms with Crippen molar-refractivity contribution in [3.8, 4) is 11.5 Å². The van der Waals surface area contributed by atoms with Crippen LogP contribution in [-0.4, -0.2) is 52.7 Å². The minimum Gasteiger partial charge on any atom is -0.379 e. The van der Waals surface area contributed by atoms with Gasteiger partial charge >= 0.3 is 6.18 Å². The van der Waals surface area contributed by atoms with Gasteiger partial charge in [-0.05, 0) is 42.7 Å². The van der Waals surface area contributed by atoms with Crippen molar-refractivity contribution in [2.75, 3.05) is 32.8 Å². The van der Waals surface area contributed by atoms with Crippen LogP contribution in [0.1, 0.15) is 16.7 Å². The summed E-state index contributed by atoms with van der Waals surface area (Å²) in [5.74, 6) is 0.0165. The number of fused-ring (bicyclic) bond motifs is 1. The molecule has 1 saturated heterocycles. The van der Waals surface area contributed by atoms with E-state index >= 15 is 0 Å². The van der Waals surface area contributed by atoms with Gasteiger partial charge in [-0.3, -0.25) is 14.7 Å². The number of halogens is 4. The third kappa shape index (κ3) is 5.23. The van der Waals surface area contributed by atoms with Crippen molar-refractivity contribution >= 4 is 23.3 Å². The number of aromatic amines is 1. The zero-order valence-corrected chi connectivity index (χ0v) is 17.6. The summed E-state index contributed by atoms with van der Waals surface area (Å²) in [6.45, 7) is 5.95. The molecule has 10 heteroatoms. The summed E-state index contributed by atoms with van der Waals surface area (Å²) in [6.07, 6.45) is -2.66. The molecule has 1 N–H and O–H groups in total. The van der Waals surface area contributed by atoms with Crippen LogP contribution in [0, 0.1) is 6.92 Å². The highest BCUT2D eigenvalue weighted by molar-refractivity contribution is 5.85. The number of nitrogens with one attached hydrogen (secondary N) is 1. The monoisotopic (exact) mass is 454 g/mol. The number of nitrogens with zero attached hydrogens (tertiary/aromatic N) is 3. The van der Waals surface area contributed by atoms with Gasteiger partial charge in [-0.15, -0.1) is 12.4 Å². The Morgan fingerprint density at radius 2 is 1.94 bits per heavy atom. The smallest absolute Gasteiger partial charge is 0.379 e. The Morgan fingerprint density at radius 3 is 2.65 bits per heavy atom. The highest BCUT2D eigenvalue weighted by Crippen LogP contribution is 2.30. The highest BCUT2D eigenvalue weighted by atomic mass is 35.5. The fourth-order valence-corrected chi connectivity index (χ4v) is 3.60. The van der Waals surface area contributed by atoms with E-state index in [0.717, 1.165) is 68.7 Å². The fraction of sp³-hybridized carbons (Fsp3) is 0.381. The zero-order valence-electron chi connectivity index (χ0n) is 16.8. The van der Waals surface area contributed by atoms with Gasteiger partial charge in [-0.2, -0.15) is 13.2 Å². The normalized spacial score (nSPS) is 15.1. The van der Waals surface area contributed by atoms with Gasteiger partial charge in [-0.1, -0.05) is 6.07 Å². The van der Waals surface area contributed by atoms with Crippen LogP contribution in [-0.2, 0) is 17.3 Å². The van der Waals surface area contributed by atoms with Crippen molar-refractivity contribution in [3.05, 3.63) is 57.5 Å². The Morgan fingerprint density at radius 1 is 1.19 bits per heavy atom. The quantitative estimate of drug-likeness (QED) is 0.652. The first kappa shape index (κ1) is 23.2. The number of morpholine rings is 1. The van der Waals surface area contributed by atoms with Crippen LogP contribution in [0.25, 0.3) is 22.4 Å². The van der Waals surface area contributed by atoms with E-state index < -0.39 is 17.3 Å². The topological polar surface area (TPSA) is 71.1 Å². The molecule has 0 spiro atoms. The molecular formula is C21H22ClF3N4O2. The number of rotatable bonds is 4. The first-order valence-corrected chi connectivity index (χ1v) is 9.68. The second kappa shape index (κ2) is 9.33. The Kier molecular flexibility index (Phi) is 6.98. The number of pyridine rings is 1. The van der Waals surface area contributed by atoms with E-state index in [2.05, 4.69) is 19.9 Å². The van der Waals surface area contributed by atoms with Crippen molar-refractivity contribution in [1.82, 2.24) is 19.9 Å². The molecule has 0 amide bonds. The lowest BCUT2D eigenvalue weighted by atomic mass is 10.0. The molecule has 0 radical (unpaired) electrons. The molecule has 2 aromatic heterocycles. The van der Waals surface area contributed by atoms with Crippen molar-refractivity contribution in [1.29, 1.82) is 0 Å². The number of H-pyrrole nitrogens is 1. The maximum atomic E-state index is 13.0. The molecule has 31 heavy (non-hydrogen) atoms. The van der Waals surface area contributed by atoms with Crippen molar-refractivity contribution in [2.24, 2.45) is 0 Å². The molecule has 0 bridgehead atoms. The summed E-state index contributed by atoms with van der Waals surface area (Å²) in [5.41, 5.74) is 1.01. The van der Waals surface area contributed by atoms with Crippen molar-refractivity contribution in [2.45, 2.75) is 19.5 Å². The van der Waals surface area contributed by atoms with Crippen LogP contribution in [0.4, 0.5) is 13.2 Å². The Labute approximate surface area is 182 Å². The van der Waals surface area contributed by atoms with Gasteiger partial charge in [0, 0.05) is 25.8 Å². The molecule has 0 aliphatic carbocycles. The molecule has 1 fully saturated rings. The molecule has 4 rings (SSSR count). The maximum Gasteiger partial charge on any atom is 0.416 e. The van der Waals surface area contributed by atoms with Crippen LogP contribution in [0.5, 0.6) is 0 Å². The summed E-state index contributed by atoms with van der Waals surface area (Å²) in [7, 11) is 0. The van der Waals surface area contributed by atoms with Gasteiger partial charge < -0.3 is 9.72 Å². The van der Waals surface area contributed by atoms with E-state index in [9.17, 15) is 18.0 Å². The predicted molar refractivity (Wildman–Crippen MR) is 114 cm³/mol. The minimum absolute atomic E-state index is 0. The number of benzene rings is 1. The van der Waals surface area contributed by atoms with E-state index in [1.165, 1.54) is 0 Å². The lowest BCUT2D eigenvalue weighted by Crippen LogP contribution is -2.37. The molecule has 166 valence electrons. The number of hydrogen-bond donors (Lipinski definition) is 1. The van der Waals surface area contributed by atoms with Crippen LogP contribution in [0.3, 0.4) is 0 Å². The lowest BCUT2D eigenvalue weighted by molar-refractivity contribution is -0.137. The van der Waals surface area contributed by atoms with Crippen molar-refractivity contribution < 1.29 is 17.9 Å². The zero-order chi connectivity index (χ0) is 21.3. The fourth-order valence-electron chi connectivity index (χ4n) is 3.60. The third-order valence-electron chi connectivity index (χ3n) is 5.21. The van der Waals surface area contributed by atoms with Gasteiger partial charge in [0.05, 0.1) is 29.7 Å². The summed E-state index contributed by atoms with van der Waals surface area (Å²) < 4.78 is 44.4. The van der Waals surface area contributed by atoms with Gasteiger partial charge in [0.2, 0.25) is 0 Å². The van der Waals surface area contributed by atoms with E-state index in [1.54, 1.807) is 6.07 Å². The molecule has 6 nitrogen and oxygen atoms in total. The highest BCUT2D eigenvalue weighted by Gasteiger charge is 2.31. The second-order valence-corrected chi connectivity index (χ2v) is 7.35. The van der Waals surface area contributed by atoms with Crippen LogP contribution < -0.4 is 5.56 Å². The SMILES string of the molecule is Cc1cc(CCN2CCOCC2)cc2c(=O)[nH]c(-c3cc(C(F)(F)F)ccn3)nc12.Cl.